The first-order valence-electron chi connectivity index (χ1n) is 8.95. The van der Waals surface area contributed by atoms with Crippen LogP contribution in [0.4, 0.5) is 42.4 Å². The third kappa shape index (κ3) is 6.09. The number of anilines is 2. The lowest BCUT2D eigenvalue weighted by Crippen LogP contribution is -2.27. The number of hydrogen-bond donors (Lipinski definition) is 2. The Morgan fingerprint density at radius 3 is 2.36 bits per heavy atom. The third-order valence-electron chi connectivity index (χ3n) is 4.17. The van der Waals surface area contributed by atoms with Crippen LogP contribution in [0.2, 0.25) is 5.02 Å². The first-order chi connectivity index (χ1) is 15.3. The molecule has 2 N–H and O–H groups in total. The number of rotatable bonds is 5. The maximum Gasteiger partial charge on any atom is 0.434 e. The zero-order valence-electron chi connectivity index (χ0n) is 16.2. The van der Waals surface area contributed by atoms with Gasteiger partial charge in [0.2, 0.25) is 5.95 Å². The van der Waals surface area contributed by atoms with E-state index in [1.165, 1.54) is 18.2 Å². The molecule has 3 rings (SSSR count). The highest BCUT2D eigenvalue weighted by molar-refractivity contribution is 6.30. The number of nitrogens with zero attached hydrogens (tertiary/aromatic N) is 2. The summed E-state index contributed by atoms with van der Waals surface area (Å²) >= 11 is 5.81. The van der Waals surface area contributed by atoms with Crippen molar-refractivity contribution in [1.29, 1.82) is 0 Å². The van der Waals surface area contributed by atoms with Gasteiger partial charge in [-0.3, -0.25) is 4.79 Å². The molecule has 0 aliphatic carbocycles. The highest BCUT2D eigenvalue weighted by Crippen LogP contribution is 2.33. The molecular weight excluding hydrogens is 481 g/mol. The van der Waals surface area contributed by atoms with Gasteiger partial charge in [0.05, 0.1) is 11.1 Å². The first kappa shape index (κ1) is 24.2. The Morgan fingerprint density at radius 2 is 1.73 bits per heavy atom. The fourth-order valence-electron chi connectivity index (χ4n) is 2.70. The van der Waals surface area contributed by atoms with E-state index in [-0.39, 0.29) is 5.56 Å². The summed E-state index contributed by atoms with van der Waals surface area (Å²) < 4.78 is 92.3. The monoisotopic (exact) mass is 492 g/mol. The summed E-state index contributed by atoms with van der Waals surface area (Å²) in [6, 6.07) is 7.96. The number of benzene rings is 2. The summed E-state index contributed by atoms with van der Waals surface area (Å²) in [6.07, 6.45) is -9.39. The Bertz CT molecular complexity index is 1180. The van der Waals surface area contributed by atoms with E-state index in [9.17, 15) is 35.5 Å². The molecule has 0 aliphatic heterocycles. The number of amides is 1. The van der Waals surface area contributed by atoms with Gasteiger partial charge in [-0.1, -0.05) is 23.7 Å². The van der Waals surface area contributed by atoms with Crippen molar-refractivity contribution in [1.82, 2.24) is 15.3 Å². The normalized spacial score (nSPS) is 11.9. The van der Waals surface area contributed by atoms with Crippen molar-refractivity contribution >= 4 is 29.1 Å². The summed E-state index contributed by atoms with van der Waals surface area (Å²) in [5.41, 5.74) is -3.95. The SMILES string of the molecule is O=C(NCc1ccc(F)c(C(F)(F)F)c1)c1cnc(Nc2cccc(Cl)c2)nc1C(F)(F)F. The number of carbonyl (C=O) groups excluding carboxylic acids is 1. The van der Waals surface area contributed by atoms with Crippen LogP contribution in [0.1, 0.15) is 27.2 Å². The van der Waals surface area contributed by atoms with Crippen molar-refractivity contribution in [2.75, 3.05) is 5.32 Å². The Labute approximate surface area is 186 Å². The summed E-state index contributed by atoms with van der Waals surface area (Å²) in [5, 5.41) is 4.89. The van der Waals surface area contributed by atoms with Crippen molar-refractivity contribution < 1.29 is 35.5 Å². The van der Waals surface area contributed by atoms with E-state index in [0.29, 0.717) is 29.0 Å². The van der Waals surface area contributed by atoms with Crippen molar-refractivity contribution in [2.24, 2.45) is 0 Å². The third-order valence-corrected chi connectivity index (χ3v) is 4.41. The molecule has 33 heavy (non-hydrogen) atoms. The van der Waals surface area contributed by atoms with Gasteiger partial charge in [-0.2, -0.15) is 26.3 Å². The summed E-state index contributed by atoms with van der Waals surface area (Å²) in [4.78, 5) is 19.4. The molecule has 0 bridgehead atoms. The minimum atomic E-state index is -5.04. The van der Waals surface area contributed by atoms with Crippen LogP contribution in [-0.4, -0.2) is 15.9 Å². The van der Waals surface area contributed by atoms with E-state index in [2.05, 4.69) is 20.6 Å². The standard InChI is InChI=1S/C20H12ClF7N4O/c21-11-2-1-3-12(7-11)31-18-30-9-13(16(32-18)20(26,27)28)17(33)29-8-10-4-5-15(22)14(6-10)19(23,24)25/h1-7,9H,8H2,(H,29,33)(H,30,31,32). The van der Waals surface area contributed by atoms with Crippen LogP contribution >= 0.6 is 11.6 Å². The van der Waals surface area contributed by atoms with Crippen molar-refractivity contribution in [3.63, 3.8) is 0 Å². The lowest BCUT2D eigenvalue weighted by Gasteiger charge is -2.14. The van der Waals surface area contributed by atoms with Crippen molar-refractivity contribution in [3.05, 3.63) is 81.9 Å². The number of alkyl halides is 6. The molecule has 0 fully saturated rings. The number of carbonyl (C=O) groups is 1. The van der Waals surface area contributed by atoms with Gasteiger partial charge >= 0.3 is 12.4 Å². The fraction of sp³-hybridized carbons (Fsp3) is 0.150. The van der Waals surface area contributed by atoms with Crippen molar-refractivity contribution in [2.45, 2.75) is 18.9 Å². The average Bonchev–Trinajstić information content (AvgIpc) is 2.71. The van der Waals surface area contributed by atoms with Gasteiger partial charge in [-0.15, -0.1) is 0 Å². The quantitative estimate of drug-likeness (QED) is 0.430. The molecular formula is C20H12ClF7N4O. The number of aromatic nitrogens is 2. The van der Waals surface area contributed by atoms with Crippen molar-refractivity contribution in [3.8, 4) is 0 Å². The lowest BCUT2D eigenvalue weighted by molar-refractivity contribution is -0.141. The summed E-state index contributed by atoms with van der Waals surface area (Å²) in [5.74, 6) is -3.27. The van der Waals surface area contributed by atoms with Gasteiger partial charge in [0.15, 0.2) is 5.69 Å². The maximum atomic E-state index is 13.5. The lowest BCUT2D eigenvalue weighted by atomic mass is 10.1. The van der Waals surface area contributed by atoms with Gasteiger partial charge in [-0.25, -0.2) is 14.4 Å². The molecule has 0 saturated carbocycles. The second kappa shape index (κ2) is 9.22. The Morgan fingerprint density at radius 1 is 1.00 bits per heavy atom. The predicted molar refractivity (Wildman–Crippen MR) is 104 cm³/mol. The molecule has 0 spiro atoms. The molecule has 5 nitrogen and oxygen atoms in total. The average molecular weight is 493 g/mol. The second-order valence-electron chi connectivity index (χ2n) is 6.58. The topological polar surface area (TPSA) is 66.9 Å². The van der Waals surface area contributed by atoms with E-state index >= 15 is 0 Å². The molecule has 0 atom stereocenters. The van der Waals surface area contributed by atoms with E-state index in [4.69, 9.17) is 11.6 Å². The Balaban J connectivity index is 1.82. The van der Waals surface area contributed by atoms with Gasteiger partial charge in [0.25, 0.3) is 5.91 Å². The molecule has 1 heterocycles. The molecule has 0 unspecified atom stereocenters. The number of nitrogens with one attached hydrogen (secondary N) is 2. The molecule has 1 aromatic heterocycles. The van der Waals surface area contributed by atoms with Crippen LogP contribution in [-0.2, 0) is 18.9 Å². The second-order valence-corrected chi connectivity index (χ2v) is 7.02. The fourth-order valence-corrected chi connectivity index (χ4v) is 2.89. The van der Waals surface area contributed by atoms with Gasteiger partial charge in [0, 0.05) is 23.5 Å². The molecule has 3 aromatic rings. The zero-order chi connectivity index (χ0) is 24.4. The minimum absolute atomic E-state index is 0.175. The molecule has 0 radical (unpaired) electrons. The molecule has 0 aliphatic rings. The number of halogens is 8. The van der Waals surface area contributed by atoms with E-state index in [0.717, 1.165) is 6.07 Å². The van der Waals surface area contributed by atoms with Gasteiger partial charge < -0.3 is 10.6 Å². The van der Waals surface area contributed by atoms with E-state index in [1.54, 1.807) is 6.07 Å². The maximum absolute atomic E-state index is 13.5. The summed E-state index contributed by atoms with van der Waals surface area (Å²) in [6.45, 7) is -0.595. The van der Waals surface area contributed by atoms with Crippen LogP contribution in [0, 0.1) is 5.82 Å². The largest absolute Gasteiger partial charge is 0.434 e. The van der Waals surface area contributed by atoms with E-state index in [1.807, 2.05) is 0 Å². The molecule has 0 saturated heterocycles. The molecule has 13 heteroatoms. The summed E-state index contributed by atoms with van der Waals surface area (Å²) in [7, 11) is 0. The number of hydrogen-bond acceptors (Lipinski definition) is 4. The predicted octanol–water partition coefficient (Wildman–Crippen LogP) is 5.98. The van der Waals surface area contributed by atoms with Crippen LogP contribution in [0.5, 0.6) is 0 Å². The Hall–Kier alpha value is -3.41. The van der Waals surface area contributed by atoms with Crippen LogP contribution in [0.25, 0.3) is 0 Å². The smallest absolute Gasteiger partial charge is 0.348 e. The Kier molecular flexibility index (Phi) is 6.77. The van der Waals surface area contributed by atoms with Crippen LogP contribution in [0.3, 0.4) is 0 Å². The van der Waals surface area contributed by atoms with Crippen LogP contribution in [0.15, 0.2) is 48.7 Å². The van der Waals surface area contributed by atoms with Gasteiger partial charge in [0.1, 0.15) is 5.82 Å². The van der Waals surface area contributed by atoms with Crippen LogP contribution < -0.4 is 10.6 Å². The zero-order valence-corrected chi connectivity index (χ0v) is 16.9. The molecule has 1 amide bonds. The highest BCUT2D eigenvalue weighted by Gasteiger charge is 2.38. The minimum Gasteiger partial charge on any atom is -0.348 e. The molecule has 2 aromatic carbocycles. The van der Waals surface area contributed by atoms with Gasteiger partial charge in [-0.05, 0) is 35.9 Å². The molecule has 174 valence electrons. The van der Waals surface area contributed by atoms with E-state index < -0.39 is 53.4 Å². The first-order valence-corrected chi connectivity index (χ1v) is 9.33. The highest BCUT2D eigenvalue weighted by atomic mass is 35.5.